The molecular formula is C13H14N2O3S2. The van der Waals surface area contributed by atoms with Crippen LogP contribution in [0.3, 0.4) is 0 Å². The fourth-order valence-corrected chi connectivity index (χ4v) is 5.07. The summed E-state index contributed by atoms with van der Waals surface area (Å²) < 4.78 is 26.9. The molecule has 1 atom stereocenters. The molecule has 7 heteroatoms. The van der Waals surface area contributed by atoms with Gasteiger partial charge in [-0.25, -0.2) is 8.42 Å². The van der Waals surface area contributed by atoms with Crippen molar-refractivity contribution < 1.29 is 8.42 Å². The summed E-state index contributed by atoms with van der Waals surface area (Å²) in [5.41, 5.74) is -0.305. The fraction of sp³-hybridized carbons (Fsp3) is 0.308. The van der Waals surface area contributed by atoms with Gasteiger partial charge in [0.05, 0.1) is 10.9 Å². The van der Waals surface area contributed by atoms with E-state index in [1.165, 1.54) is 22.6 Å². The molecule has 106 valence electrons. The van der Waals surface area contributed by atoms with E-state index in [2.05, 4.69) is 4.98 Å². The molecular weight excluding hydrogens is 296 g/mol. The van der Waals surface area contributed by atoms with Gasteiger partial charge in [0.2, 0.25) is 15.6 Å². The summed E-state index contributed by atoms with van der Waals surface area (Å²) in [6.45, 7) is 0.518. The zero-order valence-electron chi connectivity index (χ0n) is 10.7. The van der Waals surface area contributed by atoms with Crippen molar-refractivity contribution in [2.24, 2.45) is 0 Å². The molecule has 0 amide bonds. The van der Waals surface area contributed by atoms with E-state index < -0.39 is 10.0 Å². The maximum atomic E-state index is 12.7. The van der Waals surface area contributed by atoms with E-state index in [4.69, 9.17) is 0 Å². The molecule has 1 N–H and O–H groups in total. The molecule has 1 aliphatic rings. The molecule has 2 aromatic rings. The van der Waals surface area contributed by atoms with Crippen LogP contribution in [-0.4, -0.2) is 24.3 Å². The lowest BCUT2D eigenvalue weighted by Gasteiger charge is -2.23. The maximum absolute atomic E-state index is 12.7. The Labute approximate surface area is 120 Å². The largest absolute Gasteiger partial charge is 0.328 e. The van der Waals surface area contributed by atoms with Gasteiger partial charge in [0, 0.05) is 23.7 Å². The summed E-state index contributed by atoms with van der Waals surface area (Å²) in [7, 11) is -3.56. The third kappa shape index (κ3) is 2.32. The second-order valence-corrected chi connectivity index (χ2v) is 7.55. The van der Waals surface area contributed by atoms with Crippen molar-refractivity contribution in [1.29, 1.82) is 0 Å². The van der Waals surface area contributed by atoms with E-state index in [0.29, 0.717) is 6.54 Å². The highest BCUT2D eigenvalue weighted by Crippen LogP contribution is 2.38. The van der Waals surface area contributed by atoms with Crippen LogP contribution in [0.25, 0.3) is 0 Å². The minimum atomic E-state index is -3.56. The number of hydrogen-bond acceptors (Lipinski definition) is 4. The molecule has 3 rings (SSSR count). The molecule has 3 heterocycles. The highest BCUT2D eigenvalue weighted by Gasteiger charge is 2.36. The smallest absolute Gasteiger partial charge is 0.247 e. The number of rotatable bonds is 3. The predicted molar refractivity (Wildman–Crippen MR) is 77.2 cm³/mol. The van der Waals surface area contributed by atoms with Crippen LogP contribution < -0.4 is 5.56 Å². The topological polar surface area (TPSA) is 70.2 Å². The number of aromatic nitrogens is 1. The lowest BCUT2D eigenvalue weighted by Crippen LogP contribution is -2.30. The van der Waals surface area contributed by atoms with Crippen molar-refractivity contribution in [1.82, 2.24) is 9.29 Å². The molecule has 20 heavy (non-hydrogen) atoms. The first kappa shape index (κ1) is 13.5. The van der Waals surface area contributed by atoms with Gasteiger partial charge in [0.1, 0.15) is 0 Å². The van der Waals surface area contributed by atoms with E-state index in [0.717, 1.165) is 17.7 Å². The van der Waals surface area contributed by atoms with Crippen LogP contribution in [0.5, 0.6) is 0 Å². The maximum Gasteiger partial charge on any atom is 0.247 e. The average molecular weight is 310 g/mol. The Bertz CT molecular complexity index is 730. The van der Waals surface area contributed by atoms with E-state index in [1.807, 2.05) is 17.5 Å². The van der Waals surface area contributed by atoms with Crippen LogP contribution in [0.1, 0.15) is 23.8 Å². The summed E-state index contributed by atoms with van der Waals surface area (Å²) >= 11 is 1.57. The van der Waals surface area contributed by atoms with E-state index >= 15 is 0 Å². The molecule has 0 saturated carbocycles. The minimum Gasteiger partial charge on any atom is -0.328 e. The molecule has 2 aromatic heterocycles. The number of pyridine rings is 1. The van der Waals surface area contributed by atoms with E-state index in [-0.39, 0.29) is 16.5 Å². The standard InChI is InChI=1S/C13H14N2O3S2/c16-13-6-5-10(9-14-13)20(17,18)15-7-1-3-11(15)12-4-2-8-19-12/h2,4-6,8-9,11H,1,3,7H2,(H,14,16). The summed E-state index contributed by atoms with van der Waals surface area (Å²) in [4.78, 5) is 14.7. The number of thiophene rings is 1. The number of nitrogens with one attached hydrogen (secondary N) is 1. The predicted octanol–water partition coefficient (Wildman–Crippen LogP) is 1.96. The Morgan fingerprint density at radius 2 is 2.15 bits per heavy atom. The monoisotopic (exact) mass is 310 g/mol. The molecule has 0 aromatic carbocycles. The van der Waals surface area contributed by atoms with Gasteiger partial charge in [-0.2, -0.15) is 4.31 Å². The first-order chi connectivity index (χ1) is 9.59. The number of sulfonamides is 1. The Balaban J connectivity index is 1.98. The molecule has 1 saturated heterocycles. The molecule has 1 unspecified atom stereocenters. The van der Waals surface area contributed by atoms with Gasteiger partial charge < -0.3 is 4.98 Å². The first-order valence-electron chi connectivity index (χ1n) is 6.33. The van der Waals surface area contributed by atoms with E-state index in [1.54, 1.807) is 11.3 Å². The van der Waals surface area contributed by atoms with Gasteiger partial charge >= 0.3 is 0 Å². The lowest BCUT2D eigenvalue weighted by atomic mass is 10.2. The van der Waals surface area contributed by atoms with Crippen molar-refractivity contribution in [3.63, 3.8) is 0 Å². The van der Waals surface area contributed by atoms with Crippen LogP contribution >= 0.6 is 11.3 Å². The van der Waals surface area contributed by atoms with Gasteiger partial charge in [-0.05, 0) is 30.4 Å². The van der Waals surface area contributed by atoms with Gasteiger partial charge in [-0.15, -0.1) is 11.3 Å². The summed E-state index contributed by atoms with van der Waals surface area (Å²) in [6, 6.07) is 6.41. The zero-order valence-corrected chi connectivity index (χ0v) is 12.3. The summed E-state index contributed by atoms with van der Waals surface area (Å²) in [5, 5.41) is 1.96. The zero-order chi connectivity index (χ0) is 14.2. The molecule has 0 aliphatic carbocycles. The van der Waals surface area contributed by atoms with Gasteiger partial charge in [0.25, 0.3) is 0 Å². The Morgan fingerprint density at radius 1 is 1.30 bits per heavy atom. The number of H-pyrrole nitrogens is 1. The minimum absolute atomic E-state index is 0.0908. The Morgan fingerprint density at radius 3 is 2.80 bits per heavy atom. The lowest BCUT2D eigenvalue weighted by molar-refractivity contribution is 0.401. The molecule has 5 nitrogen and oxygen atoms in total. The van der Waals surface area contributed by atoms with Crippen LogP contribution in [0.15, 0.2) is 45.5 Å². The highest BCUT2D eigenvalue weighted by molar-refractivity contribution is 7.89. The van der Waals surface area contributed by atoms with Crippen LogP contribution in [0, 0.1) is 0 Å². The van der Waals surface area contributed by atoms with Gasteiger partial charge in [0.15, 0.2) is 0 Å². The van der Waals surface area contributed by atoms with Crippen LogP contribution in [-0.2, 0) is 10.0 Å². The molecule has 0 radical (unpaired) electrons. The quantitative estimate of drug-likeness (QED) is 0.942. The second-order valence-electron chi connectivity index (χ2n) is 4.68. The van der Waals surface area contributed by atoms with Gasteiger partial charge in [-0.1, -0.05) is 6.07 Å². The van der Waals surface area contributed by atoms with Crippen LogP contribution in [0.2, 0.25) is 0 Å². The Kier molecular flexibility index (Phi) is 3.49. The van der Waals surface area contributed by atoms with Gasteiger partial charge in [-0.3, -0.25) is 4.79 Å². The third-order valence-corrected chi connectivity index (χ3v) is 6.32. The van der Waals surface area contributed by atoms with Crippen molar-refractivity contribution >= 4 is 21.4 Å². The fourth-order valence-electron chi connectivity index (χ4n) is 2.49. The van der Waals surface area contributed by atoms with Crippen LogP contribution in [0.4, 0.5) is 0 Å². The highest BCUT2D eigenvalue weighted by atomic mass is 32.2. The van der Waals surface area contributed by atoms with Crippen molar-refractivity contribution in [3.05, 3.63) is 51.1 Å². The summed E-state index contributed by atoms with van der Waals surface area (Å²) in [5.74, 6) is 0. The van der Waals surface area contributed by atoms with Crippen molar-refractivity contribution in [2.45, 2.75) is 23.8 Å². The molecule has 1 fully saturated rings. The molecule has 0 bridgehead atoms. The summed E-state index contributed by atoms with van der Waals surface area (Å²) in [6.07, 6.45) is 2.95. The molecule has 1 aliphatic heterocycles. The third-order valence-electron chi connectivity index (χ3n) is 3.44. The van der Waals surface area contributed by atoms with Crippen molar-refractivity contribution in [2.75, 3.05) is 6.54 Å². The molecule has 0 spiro atoms. The van der Waals surface area contributed by atoms with E-state index in [9.17, 15) is 13.2 Å². The van der Waals surface area contributed by atoms with Crippen molar-refractivity contribution in [3.8, 4) is 0 Å². The SMILES string of the molecule is O=c1ccc(S(=O)(=O)N2CCCC2c2cccs2)c[nH]1. The average Bonchev–Trinajstić information content (AvgIpc) is 3.10. The first-order valence-corrected chi connectivity index (χ1v) is 8.65. The Hall–Kier alpha value is -1.44. The number of aromatic amines is 1. The number of hydrogen-bond donors (Lipinski definition) is 1. The number of nitrogens with zero attached hydrogens (tertiary/aromatic N) is 1. The normalized spacial score (nSPS) is 20.3. The second kappa shape index (κ2) is 5.16.